The van der Waals surface area contributed by atoms with E-state index in [0.717, 1.165) is 15.6 Å². The van der Waals surface area contributed by atoms with Gasteiger partial charge < -0.3 is 19.4 Å². The van der Waals surface area contributed by atoms with Crippen LogP contribution in [0.25, 0.3) is 32.4 Å². The minimum atomic E-state index is -1.63. The Labute approximate surface area is 334 Å². The maximum atomic E-state index is 11.8. The number of nitrogens with one attached hydrogen (secondary N) is 2. The molecule has 0 aliphatic heterocycles. The van der Waals surface area contributed by atoms with E-state index in [9.17, 15) is 9.59 Å². The second-order valence-electron chi connectivity index (χ2n) is 15.1. The van der Waals surface area contributed by atoms with Crippen LogP contribution in [0.1, 0.15) is 108 Å². The Bertz CT molecular complexity index is 2120. The molecule has 2 fully saturated rings. The van der Waals surface area contributed by atoms with E-state index in [2.05, 4.69) is 81.8 Å². The van der Waals surface area contributed by atoms with Gasteiger partial charge in [-0.1, -0.05) is 56.7 Å². The fourth-order valence-electron chi connectivity index (χ4n) is 7.82. The molecule has 0 atom stereocenters. The van der Waals surface area contributed by atoms with Crippen LogP contribution in [0.4, 0.5) is 0 Å². The molecule has 0 spiro atoms. The van der Waals surface area contributed by atoms with Crippen LogP contribution < -0.4 is 2.89 Å². The molecule has 280 valence electrons. The number of esters is 2. The first-order valence-corrected chi connectivity index (χ1v) is 31.3. The van der Waals surface area contributed by atoms with Crippen molar-refractivity contribution < 1.29 is 19.1 Å². The van der Waals surface area contributed by atoms with E-state index in [1.807, 2.05) is 41.7 Å². The Morgan fingerprint density at radius 3 is 1.66 bits per heavy atom. The van der Waals surface area contributed by atoms with Crippen LogP contribution in [0.15, 0.2) is 76.0 Å². The van der Waals surface area contributed by atoms with Gasteiger partial charge in [-0.15, -0.1) is 11.3 Å². The maximum absolute atomic E-state index is 11.8. The molecular formula is C43H51BrN2O4S2Sn. The van der Waals surface area contributed by atoms with Gasteiger partial charge in [0.1, 0.15) is 0 Å². The van der Waals surface area contributed by atoms with Crippen LogP contribution in [0, 0.1) is 0 Å². The summed E-state index contributed by atoms with van der Waals surface area (Å²) >= 11 is 5.71. The number of rotatable bonds is 6. The van der Waals surface area contributed by atoms with Crippen molar-refractivity contribution in [3.63, 3.8) is 0 Å². The van der Waals surface area contributed by atoms with Crippen LogP contribution in [0.5, 0.6) is 0 Å². The van der Waals surface area contributed by atoms with Crippen LogP contribution >= 0.6 is 38.6 Å². The van der Waals surface area contributed by atoms with E-state index in [4.69, 9.17) is 9.47 Å². The zero-order valence-electron chi connectivity index (χ0n) is 31.5. The molecule has 0 bridgehead atoms. The van der Waals surface area contributed by atoms with Gasteiger partial charge in [0.05, 0.1) is 40.5 Å². The number of carbonyl (C=O) groups is 2. The minimum absolute atomic E-state index is 0.289. The average Bonchev–Trinajstić information content (AvgIpc) is 4.01. The number of thiophene rings is 2. The molecule has 2 N–H and O–H groups in total. The summed E-state index contributed by atoms with van der Waals surface area (Å²) in [7, 11) is 2.83. The summed E-state index contributed by atoms with van der Waals surface area (Å²) in [5, 5.41) is 6.76. The Morgan fingerprint density at radius 1 is 0.679 bits per heavy atom. The van der Waals surface area contributed by atoms with Gasteiger partial charge in [-0.25, -0.2) is 9.59 Å². The molecule has 0 unspecified atom stereocenters. The second kappa shape index (κ2) is 18.2. The molecule has 4 heterocycles. The molecule has 6 nitrogen and oxygen atoms in total. The van der Waals surface area contributed by atoms with Crippen molar-refractivity contribution in [3.05, 3.63) is 98.3 Å². The molecule has 10 heteroatoms. The van der Waals surface area contributed by atoms with E-state index >= 15 is 0 Å². The number of H-pyrrole nitrogens is 2. The van der Waals surface area contributed by atoms with Gasteiger partial charge in [0.2, 0.25) is 0 Å². The van der Waals surface area contributed by atoms with Crippen molar-refractivity contribution in [2.24, 2.45) is 0 Å². The SMILES string of the molecule is COC(=O)c1ccc2c(C3CCCCC3)c(-c3cccs3)[nH]c2c1.COC(=O)c1ccc2c(C3CCCCC3)c(Br)[nH]c2c1.[CH3][Sn]([CH3])([CH3])[c]1cccs1. The standard InChI is InChI=1S/C20H21NO2S.C16H18BrNO2.C4H3S.3CH3.Sn/c1-23-20(22)14-9-10-15-16(12-14)21-19(17-8-5-11-24-17)18(15)13-6-3-2-4-7-13;1-20-16(19)11-7-8-12-13(9-11)18-15(17)14(12)10-5-3-2-4-6-10;1-2-4-5-3-1;;;;/h5,8-13,21H,2-4,6-7H2,1H3;7-10,18H,2-6H2,1H3;1-3H;3*1H3;. The summed E-state index contributed by atoms with van der Waals surface area (Å²) in [6.45, 7) is 0. The molecular weight excluding hydrogens is 871 g/mol. The molecule has 53 heavy (non-hydrogen) atoms. The number of carbonyl (C=O) groups excluding carboxylic acids is 2. The number of halogens is 1. The number of benzene rings is 2. The number of hydrogen-bond donors (Lipinski definition) is 2. The molecule has 6 aromatic rings. The molecule has 4 aromatic heterocycles. The van der Waals surface area contributed by atoms with Gasteiger partial charge in [0, 0.05) is 21.8 Å². The van der Waals surface area contributed by atoms with Crippen molar-refractivity contribution in [3.8, 4) is 10.6 Å². The summed E-state index contributed by atoms with van der Waals surface area (Å²) in [5.41, 5.74) is 7.25. The monoisotopic (exact) mass is 922 g/mol. The van der Waals surface area contributed by atoms with Crippen molar-refractivity contribution >= 4 is 93.6 Å². The number of fused-ring (bicyclic) bond motifs is 2. The van der Waals surface area contributed by atoms with E-state index in [0.29, 0.717) is 23.0 Å². The van der Waals surface area contributed by atoms with Crippen molar-refractivity contribution in [2.45, 2.75) is 90.9 Å². The normalized spacial score (nSPS) is 15.4. The zero-order chi connectivity index (χ0) is 37.5. The van der Waals surface area contributed by atoms with E-state index in [1.54, 1.807) is 14.2 Å². The molecule has 0 saturated heterocycles. The predicted molar refractivity (Wildman–Crippen MR) is 229 cm³/mol. The molecule has 8 rings (SSSR count). The zero-order valence-corrected chi connectivity index (χ0v) is 37.6. The Kier molecular flexibility index (Phi) is 13.7. The summed E-state index contributed by atoms with van der Waals surface area (Å²) < 4.78 is 12.4. The first kappa shape index (κ1) is 39.8. The predicted octanol–water partition coefficient (Wildman–Crippen LogP) is 12.8. The summed E-state index contributed by atoms with van der Waals surface area (Å²) in [6, 6.07) is 20.3. The van der Waals surface area contributed by atoms with E-state index in [1.165, 1.54) is 111 Å². The molecule has 2 saturated carbocycles. The second-order valence-corrected chi connectivity index (χ2v) is 33.2. The average molecular weight is 923 g/mol. The van der Waals surface area contributed by atoms with Crippen molar-refractivity contribution in [1.29, 1.82) is 0 Å². The molecule has 0 radical (unpaired) electrons. The summed E-state index contributed by atoms with van der Waals surface area (Å²) in [6.07, 6.45) is 12.9. The Balaban J connectivity index is 0.000000149. The first-order chi connectivity index (χ1) is 25.6. The fraction of sp³-hybridized carbons (Fsp3) is 0.395. The quantitative estimate of drug-likeness (QED) is 0.129. The van der Waals surface area contributed by atoms with Gasteiger partial charge in [-0.05, 0) is 100 Å². The van der Waals surface area contributed by atoms with Gasteiger partial charge in [-0.2, -0.15) is 0 Å². The Morgan fingerprint density at radius 2 is 1.19 bits per heavy atom. The molecule has 2 aliphatic carbocycles. The number of hydrogen-bond acceptors (Lipinski definition) is 6. The van der Waals surface area contributed by atoms with Gasteiger partial charge in [0.15, 0.2) is 0 Å². The third kappa shape index (κ3) is 9.51. The van der Waals surface area contributed by atoms with Crippen LogP contribution in [0.2, 0.25) is 14.8 Å². The number of methoxy groups -OCH3 is 2. The van der Waals surface area contributed by atoms with E-state index < -0.39 is 18.4 Å². The van der Waals surface area contributed by atoms with Crippen LogP contribution in [-0.4, -0.2) is 54.5 Å². The van der Waals surface area contributed by atoms with Crippen molar-refractivity contribution in [1.82, 2.24) is 9.97 Å². The van der Waals surface area contributed by atoms with Crippen molar-refractivity contribution in [2.75, 3.05) is 14.2 Å². The third-order valence-electron chi connectivity index (χ3n) is 10.5. The topological polar surface area (TPSA) is 84.2 Å². The van der Waals surface area contributed by atoms with Crippen LogP contribution in [-0.2, 0) is 9.47 Å². The number of aromatic nitrogens is 2. The molecule has 2 aliphatic rings. The van der Waals surface area contributed by atoms with Gasteiger partial charge >= 0.3 is 76.9 Å². The molecule has 2 aromatic carbocycles. The number of ether oxygens (including phenoxy) is 2. The van der Waals surface area contributed by atoms with E-state index in [-0.39, 0.29) is 11.9 Å². The first-order valence-electron chi connectivity index (χ1n) is 18.8. The summed E-state index contributed by atoms with van der Waals surface area (Å²) in [4.78, 5) is 39.0. The third-order valence-corrected chi connectivity index (χ3v) is 22.5. The Hall–Kier alpha value is -2.86. The fourth-order valence-corrected chi connectivity index (χ4v) is 15.4. The summed E-state index contributed by atoms with van der Waals surface area (Å²) in [5.74, 6) is 0.643. The number of aromatic amines is 2. The van der Waals surface area contributed by atoms with Gasteiger partial charge in [0.25, 0.3) is 0 Å². The molecule has 0 amide bonds. The van der Waals surface area contributed by atoms with Crippen LogP contribution in [0.3, 0.4) is 0 Å². The van der Waals surface area contributed by atoms with Gasteiger partial charge in [-0.3, -0.25) is 0 Å².